The number of alkyl halides is 1. The summed E-state index contributed by atoms with van der Waals surface area (Å²) in [7, 11) is 0. The lowest BCUT2D eigenvalue weighted by molar-refractivity contribution is -0.940. The molecule has 1 atom stereocenters. The van der Waals surface area contributed by atoms with E-state index in [1.165, 1.54) is 120 Å². The highest BCUT2D eigenvalue weighted by Crippen LogP contribution is 2.29. The molecular weight excluding hydrogens is 537 g/mol. The fourth-order valence-electron chi connectivity index (χ4n) is 4.92. The van der Waals surface area contributed by atoms with Gasteiger partial charge in [0.25, 0.3) is 0 Å². The zero-order chi connectivity index (χ0) is 23.7. The third-order valence-electron chi connectivity index (χ3n) is 7.15. The molecule has 0 N–H and O–H groups in total. The highest BCUT2D eigenvalue weighted by atomic mass is 127. The molecular formula is C30H51ClIN. The SMILES string of the molecule is C#CC(I)[N+](CCCCCCCCC)(CCCCCCCCC)Cc1c(C)cccc1C.[Cl-]. The number of aryl methyl sites for hydroxylation is 2. The second-order valence-electron chi connectivity index (χ2n) is 9.94. The van der Waals surface area contributed by atoms with Crippen LogP contribution in [0.3, 0.4) is 0 Å². The smallest absolute Gasteiger partial charge is 0.200 e. The van der Waals surface area contributed by atoms with E-state index in [1.807, 2.05) is 0 Å². The summed E-state index contributed by atoms with van der Waals surface area (Å²) in [5.74, 6) is 3.16. The zero-order valence-corrected chi connectivity index (χ0v) is 25.0. The number of hydrogen-bond acceptors (Lipinski definition) is 0. The number of nitrogens with zero attached hydrogens (tertiary/aromatic N) is 1. The normalized spacial score (nSPS) is 12.2. The van der Waals surface area contributed by atoms with Crippen molar-refractivity contribution in [2.24, 2.45) is 0 Å². The minimum absolute atomic E-state index is 0. The third-order valence-corrected chi connectivity index (χ3v) is 8.69. The Morgan fingerprint density at radius 1 is 0.758 bits per heavy atom. The van der Waals surface area contributed by atoms with E-state index < -0.39 is 0 Å². The topological polar surface area (TPSA) is 0 Å². The van der Waals surface area contributed by atoms with Crippen molar-refractivity contribution in [3.05, 3.63) is 34.9 Å². The van der Waals surface area contributed by atoms with Crippen molar-refractivity contribution >= 4 is 22.6 Å². The average molecular weight is 588 g/mol. The van der Waals surface area contributed by atoms with Crippen LogP contribution < -0.4 is 12.4 Å². The Bertz CT molecular complexity index is 613. The molecule has 1 aromatic carbocycles. The summed E-state index contributed by atoms with van der Waals surface area (Å²) in [5.41, 5.74) is 4.37. The van der Waals surface area contributed by atoms with E-state index in [4.69, 9.17) is 6.42 Å². The maximum absolute atomic E-state index is 6.09. The van der Waals surface area contributed by atoms with Crippen molar-refractivity contribution < 1.29 is 16.9 Å². The van der Waals surface area contributed by atoms with Gasteiger partial charge in [0.1, 0.15) is 6.54 Å². The van der Waals surface area contributed by atoms with Crippen LogP contribution in [0.1, 0.15) is 120 Å². The van der Waals surface area contributed by atoms with Gasteiger partial charge in [-0.15, -0.1) is 6.42 Å². The van der Waals surface area contributed by atoms with Crippen LogP contribution in [-0.2, 0) is 6.54 Å². The van der Waals surface area contributed by atoms with Crippen molar-refractivity contribution in [3.63, 3.8) is 0 Å². The van der Waals surface area contributed by atoms with Crippen molar-refractivity contribution in [3.8, 4) is 12.3 Å². The lowest BCUT2D eigenvalue weighted by Gasteiger charge is -2.42. The Morgan fingerprint density at radius 2 is 1.15 bits per heavy atom. The minimum atomic E-state index is 0. The molecule has 0 aliphatic carbocycles. The van der Waals surface area contributed by atoms with Crippen LogP contribution in [-0.4, -0.2) is 21.6 Å². The van der Waals surface area contributed by atoms with E-state index in [9.17, 15) is 0 Å². The lowest BCUT2D eigenvalue weighted by Crippen LogP contribution is -3.00. The summed E-state index contributed by atoms with van der Waals surface area (Å²) in [4.78, 5) is 0. The monoisotopic (exact) mass is 587 g/mol. The fourth-order valence-corrected chi connectivity index (χ4v) is 5.67. The molecule has 0 saturated heterocycles. The molecule has 190 valence electrons. The van der Waals surface area contributed by atoms with Gasteiger partial charge in [0, 0.05) is 28.2 Å². The van der Waals surface area contributed by atoms with Crippen LogP contribution in [0.4, 0.5) is 0 Å². The van der Waals surface area contributed by atoms with Crippen LogP contribution >= 0.6 is 22.6 Å². The molecule has 3 heteroatoms. The molecule has 0 radical (unpaired) electrons. The highest BCUT2D eigenvalue weighted by molar-refractivity contribution is 14.1. The van der Waals surface area contributed by atoms with Gasteiger partial charge in [-0.05, 0) is 56.6 Å². The van der Waals surface area contributed by atoms with Gasteiger partial charge in [0.2, 0.25) is 4.05 Å². The fraction of sp³-hybridized carbons (Fsp3) is 0.733. The Labute approximate surface area is 227 Å². The maximum atomic E-state index is 6.09. The molecule has 0 saturated carbocycles. The van der Waals surface area contributed by atoms with Gasteiger partial charge < -0.3 is 12.4 Å². The van der Waals surface area contributed by atoms with Gasteiger partial charge >= 0.3 is 0 Å². The number of terminal acetylenes is 1. The summed E-state index contributed by atoms with van der Waals surface area (Å²) in [6, 6.07) is 6.74. The van der Waals surface area contributed by atoms with E-state index >= 15 is 0 Å². The molecule has 1 unspecified atom stereocenters. The molecule has 0 heterocycles. The largest absolute Gasteiger partial charge is 1.00 e. The van der Waals surface area contributed by atoms with Gasteiger partial charge in [0.05, 0.1) is 13.1 Å². The summed E-state index contributed by atoms with van der Waals surface area (Å²) < 4.78 is 1.30. The molecule has 33 heavy (non-hydrogen) atoms. The van der Waals surface area contributed by atoms with E-state index in [2.05, 4.69) is 74.4 Å². The van der Waals surface area contributed by atoms with Crippen molar-refractivity contribution in [2.75, 3.05) is 13.1 Å². The first-order valence-electron chi connectivity index (χ1n) is 13.5. The Hall–Kier alpha value is -0.240. The Kier molecular flexibility index (Phi) is 19.9. The number of halogens is 2. The van der Waals surface area contributed by atoms with E-state index in [0.29, 0.717) is 0 Å². The van der Waals surface area contributed by atoms with Crippen LogP contribution in [0.25, 0.3) is 0 Å². The van der Waals surface area contributed by atoms with Gasteiger partial charge in [-0.25, -0.2) is 0 Å². The number of benzene rings is 1. The van der Waals surface area contributed by atoms with Gasteiger partial charge in [0.15, 0.2) is 0 Å². The minimum Gasteiger partial charge on any atom is -1.00 e. The lowest BCUT2D eigenvalue weighted by atomic mass is 10.00. The number of hydrogen-bond donors (Lipinski definition) is 0. The molecule has 0 spiro atoms. The Balaban J connectivity index is 0.0000102. The number of unbranched alkanes of at least 4 members (excludes halogenated alkanes) is 12. The summed E-state index contributed by atoms with van der Waals surface area (Å²) in [6.07, 6.45) is 25.2. The van der Waals surface area contributed by atoms with Gasteiger partial charge in [-0.1, -0.05) is 96.3 Å². The number of rotatable bonds is 19. The molecule has 0 bridgehead atoms. The molecule has 0 aromatic heterocycles. The van der Waals surface area contributed by atoms with Crippen LogP contribution in [0.2, 0.25) is 0 Å². The molecule has 1 aromatic rings. The molecule has 0 aliphatic heterocycles. The van der Waals surface area contributed by atoms with Crippen molar-refractivity contribution in [1.82, 2.24) is 0 Å². The molecule has 0 aliphatic rings. The highest BCUT2D eigenvalue weighted by Gasteiger charge is 2.34. The number of quaternary nitrogens is 1. The van der Waals surface area contributed by atoms with E-state index in [1.54, 1.807) is 0 Å². The zero-order valence-electron chi connectivity index (χ0n) is 22.1. The first kappa shape index (κ1) is 32.8. The summed E-state index contributed by atoms with van der Waals surface area (Å²) in [6.45, 7) is 12.7. The van der Waals surface area contributed by atoms with Crippen LogP contribution in [0.15, 0.2) is 18.2 Å². The second kappa shape index (κ2) is 20.0. The predicted octanol–water partition coefficient (Wildman–Crippen LogP) is 6.52. The van der Waals surface area contributed by atoms with Gasteiger partial charge in [-0.2, -0.15) is 0 Å². The van der Waals surface area contributed by atoms with Crippen LogP contribution in [0.5, 0.6) is 0 Å². The quantitative estimate of drug-likeness (QED) is 0.0432. The van der Waals surface area contributed by atoms with E-state index in [-0.39, 0.29) is 16.5 Å². The maximum Gasteiger partial charge on any atom is 0.200 e. The summed E-state index contributed by atoms with van der Waals surface area (Å²) in [5, 5.41) is 0. The summed E-state index contributed by atoms with van der Waals surface area (Å²) >= 11 is 2.57. The van der Waals surface area contributed by atoms with Crippen molar-refractivity contribution in [1.29, 1.82) is 0 Å². The molecule has 1 rings (SSSR count). The third kappa shape index (κ3) is 12.9. The molecule has 0 amide bonds. The Morgan fingerprint density at radius 3 is 1.55 bits per heavy atom. The average Bonchev–Trinajstić information content (AvgIpc) is 2.79. The predicted molar refractivity (Wildman–Crippen MR) is 152 cm³/mol. The first-order chi connectivity index (χ1) is 15.5. The van der Waals surface area contributed by atoms with E-state index in [0.717, 1.165) is 11.0 Å². The van der Waals surface area contributed by atoms with Crippen molar-refractivity contribution in [2.45, 2.75) is 128 Å². The standard InChI is InChI=1S/C30H51IN.ClH/c1-6-9-11-13-15-17-19-24-32(30(31)8-3,25-20-18-16-14-12-10-7-2)26-29-27(4)22-21-23-28(29)5;/h3,21-23,30H,6-7,9-20,24-26H2,1-2,4-5H3;1H/q+1;/p-1. The second-order valence-corrected chi connectivity index (χ2v) is 11.1. The first-order valence-corrected chi connectivity index (χ1v) is 14.8. The molecule has 0 fully saturated rings. The van der Waals surface area contributed by atoms with Gasteiger partial charge in [-0.3, -0.25) is 4.48 Å². The van der Waals surface area contributed by atoms with Crippen LogP contribution in [0, 0.1) is 26.2 Å². The molecule has 1 nitrogen and oxygen atoms in total.